The maximum Gasteiger partial charge on any atom is 0.391 e. The molecule has 0 aromatic rings. The summed E-state index contributed by atoms with van der Waals surface area (Å²) in [4.78, 5) is 4.10. The van der Waals surface area contributed by atoms with Gasteiger partial charge in [-0.25, -0.2) is 0 Å². The molecule has 1 N–H and O–H groups in total. The highest BCUT2D eigenvalue weighted by atomic mass is 32.2. The zero-order chi connectivity index (χ0) is 13.1. The van der Waals surface area contributed by atoms with Crippen LogP contribution in [-0.2, 0) is 0 Å². The van der Waals surface area contributed by atoms with Gasteiger partial charge in [0.05, 0.1) is 12.5 Å². The first kappa shape index (κ1) is 14.7. The van der Waals surface area contributed by atoms with E-state index in [4.69, 9.17) is 0 Å². The molecule has 1 heterocycles. The summed E-state index contributed by atoms with van der Waals surface area (Å²) in [5.74, 6) is 0.886. The zero-order valence-corrected chi connectivity index (χ0v) is 11.2. The Labute approximate surface area is 104 Å². The number of thioether (sulfide) groups is 1. The predicted octanol–water partition coefficient (Wildman–Crippen LogP) is 3.58. The Hall–Kier alpha value is -0.390. The maximum absolute atomic E-state index is 12.2. The van der Waals surface area contributed by atoms with Crippen molar-refractivity contribution in [3.63, 3.8) is 0 Å². The van der Waals surface area contributed by atoms with Gasteiger partial charge in [-0.3, -0.25) is 4.99 Å². The average molecular weight is 268 g/mol. The van der Waals surface area contributed by atoms with Crippen LogP contribution in [0, 0.1) is 0 Å². The average Bonchev–Trinajstić information content (AvgIpc) is 2.59. The van der Waals surface area contributed by atoms with Gasteiger partial charge in [-0.15, -0.1) is 0 Å². The monoisotopic (exact) mass is 268 g/mol. The van der Waals surface area contributed by atoms with Crippen LogP contribution < -0.4 is 5.32 Å². The highest BCUT2D eigenvalue weighted by molar-refractivity contribution is 8.14. The molecule has 1 atom stereocenters. The maximum atomic E-state index is 12.2. The number of amidine groups is 1. The number of rotatable bonds is 4. The van der Waals surface area contributed by atoms with Crippen molar-refractivity contribution in [3.8, 4) is 0 Å². The Balaban J connectivity index is 2.58. The van der Waals surface area contributed by atoms with Gasteiger partial charge in [0.25, 0.3) is 0 Å². The summed E-state index contributed by atoms with van der Waals surface area (Å²) < 4.78 is 36.5. The molecule has 2 nitrogen and oxygen atoms in total. The fourth-order valence-electron chi connectivity index (χ4n) is 1.79. The van der Waals surface area contributed by atoms with E-state index in [1.54, 1.807) is 0 Å². The quantitative estimate of drug-likeness (QED) is 0.842. The Morgan fingerprint density at radius 2 is 2.00 bits per heavy atom. The molecule has 0 aromatic heterocycles. The molecule has 0 radical (unpaired) electrons. The predicted molar refractivity (Wildman–Crippen MR) is 66.5 cm³/mol. The van der Waals surface area contributed by atoms with Crippen LogP contribution in [0.15, 0.2) is 4.99 Å². The molecule has 100 valence electrons. The van der Waals surface area contributed by atoms with Crippen LogP contribution >= 0.6 is 11.8 Å². The van der Waals surface area contributed by atoms with Gasteiger partial charge in [0.15, 0.2) is 5.17 Å². The van der Waals surface area contributed by atoms with E-state index in [1.807, 2.05) is 0 Å². The summed E-state index contributed by atoms with van der Waals surface area (Å²) in [5.41, 5.74) is 0.0153. The van der Waals surface area contributed by atoms with Crippen LogP contribution in [0.3, 0.4) is 0 Å². The molecule has 1 unspecified atom stereocenters. The molecule has 0 aliphatic carbocycles. The second-order valence-electron chi connectivity index (χ2n) is 4.50. The van der Waals surface area contributed by atoms with Crippen molar-refractivity contribution in [2.24, 2.45) is 4.99 Å². The second-order valence-corrected chi connectivity index (χ2v) is 5.47. The minimum atomic E-state index is -4.14. The number of alkyl halides is 3. The molecular formula is C11H19F3N2S. The molecule has 1 rings (SSSR count). The van der Waals surface area contributed by atoms with Crippen molar-refractivity contribution >= 4 is 16.9 Å². The molecule has 1 aliphatic heterocycles. The highest BCUT2D eigenvalue weighted by Crippen LogP contribution is 2.30. The van der Waals surface area contributed by atoms with E-state index in [0.717, 1.165) is 18.6 Å². The van der Waals surface area contributed by atoms with Crippen LogP contribution in [0.5, 0.6) is 0 Å². The molecule has 1 fully saturated rings. The van der Waals surface area contributed by atoms with Crippen LogP contribution in [-0.4, -0.2) is 28.7 Å². The van der Waals surface area contributed by atoms with E-state index in [2.05, 4.69) is 24.2 Å². The summed E-state index contributed by atoms with van der Waals surface area (Å²) in [6, 6.07) is -0.713. The minimum absolute atomic E-state index is 0.0153. The van der Waals surface area contributed by atoms with Gasteiger partial charge in [0, 0.05) is 11.3 Å². The number of hydrogen-bond donors (Lipinski definition) is 1. The zero-order valence-electron chi connectivity index (χ0n) is 10.4. The standard InChI is InChI=1S/C11H19F3N2S/c1-4-10(5-2)7-17-9(16-10)15-8(3)6-11(12,13)14/h8H,4-7H2,1-3H3,(H,15,16). The number of aliphatic imine (C=N–C) groups is 1. The van der Waals surface area contributed by atoms with Crippen molar-refractivity contribution < 1.29 is 13.2 Å². The second kappa shape index (κ2) is 5.50. The molecule has 0 saturated carbocycles. The van der Waals surface area contributed by atoms with Crippen LogP contribution in [0.2, 0.25) is 0 Å². The normalized spacial score (nSPS) is 23.8. The molecule has 0 aromatic carbocycles. The van der Waals surface area contributed by atoms with Crippen molar-refractivity contribution in [1.29, 1.82) is 0 Å². The van der Waals surface area contributed by atoms with Gasteiger partial charge < -0.3 is 5.32 Å². The van der Waals surface area contributed by atoms with Crippen molar-refractivity contribution in [1.82, 2.24) is 5.32 Å². The Bertz CT molecular complexity index is 285. The molecular weight excluding hydrogens is 249 g/mol. The van der Waals surface area contributed by atoms with Gasteiger partial charge >= 0.3 is 6.18 Å². The lowest BCUT2D eigenvalue weighted by molar-refractivity contribution is -0.137. The van der Waals surface area contributed by atoms with Crippen LogP contribution in [0.4, 0.5) is 13.2 Å². The van der Waals surface area contributed by atoms with E-state index < -0.39 is 18.6 Å². The largest absolute Gasteiger partial charge is 0.391 e. The van der Waals surface area contributed by atoms with Gasteiger partial charge in [-0.1, -0.05) is 25.6 Å². The first-order valence-electron chi connectivity index (χ1n) is 5.86. The third-order valence-corrected chi connectivity index (χ3v) is 4.25. The van der Waals surface area contributed by atoms with Gasteiger partial charge in [-0.2, -0.15) is 13.2 Å². The fraction of sp³-hybridized carbons (Fsp3) is 0.909. The lowest BCUT2D eigenvalue weighted by Crippen LogP contribution is -2.42. The Kier molecular flexibility index (Phi) is 4.75. The summed E-state index contributed by atoms with van der Waals surface area (Å²) in [6.07, 6.45) is -3.07. The number of nitrogens with one attached hydrogen (secondary N) is 1. The van der Waals surface area contributed by atoms with E-state index >= 15 is 0 Å². The third kappa shape index (κ3) is 4.41. The van der Waals surface area contributed by atoms with Crippen LogP contribution in [0.25, 0.3) is 0 Å². The molecule has 0 amide bonds. The highest BCUT2D eigenvalue weighted by Gasteiger charge is 2.35. The third-order valence-electron chi connectivity index (χ3n) is 3.08. The minimum Gasteiger partial charge on any atom is -0.359 e. The molecule has 17 heavy (non-hydrogen) atoms. The summed E-state index contributed by atoms with van der Waals surface area (Å²) in [6.45, 7) is 5.67. The Morgan fingerprint density at radius 3 is 2.41 bits per heavy atom. The summed E-state index contributed by atoms with van der Waals surface area (Å²) >= 11 is 1.52. The first-order chi connectivity index (χ1) is 7.80. The van der Waals surface area contributed by atoms with Crippen LogP contribution in [0.1, 0.15) is 40.0 Å². The topological polar surface area (TPSA) is 24.4 Å². The van der Waals surface area contributed by atoms with E-state index in [-0.39, 0.29) is 5.54 Å². The molecule has 1 aliphatic rings. The van der Waals surface area contributed by atoms with Gasteiger partial charge in [0.2, 0.25) is 0 Å². The SMILES string of the molecule is CCC1(CC)CSC(=NC(C)CC(F)(F)F)N1. The molecule has 0 bridgehead atoms. The Morgan fingerprint density at radius 1 is 1.41 bits per heavy atom. The lowest BCUT2D eigenvalue weighted by atomic mass is 9.96. The lowest BCUT2D eigenvalue weighted by Gasteiger charge is -2.25. The number of hydrogen-bond acceptors (Lipinski definition) is 2. The van der Waals surface area contributed by atoms with Gasteiger partial charge in [-0.05, 0) is 19.8 Å². The molecule has 6 heteroatoms. The van der Waals surface area contributed by atoms with Crippen molar-refractivity contribution in [2.75, 3.05) is 5.75 Å². The van der Waals surface area contributed by atoms with E-state index in [9.17, 15) is 13.2 Å². The summed E-state index contributed by atoms with van der Waals surface area (Å²) in [7, 11) is 0. The smallest absolute Gasteiger partial charge is 0.359 e. The molecule has 0 spiro atoms. The van der Waals surface area contributed by atoms with Crippen molar-refractivity contribution in [3.05, 3.63) is 0 Å². The number of halogens is 3. The first-order valence-corrected chi connectivity index (χ1v) is 6.84. The fourth-order valence-corrected chi connectivity index (χ4v) is 3.22. The van der Waals surface area contributed by atoms with Crippen molar-refractivity contribution in [2.45, 2.75) is 57.8 Å². The van der Waals surface area contributed by atoms with Gasteiger partial charge in [0.1, 0.15) is 0 Å². The number of nitrogens with zero attached hydrogens (tertiary/aromatic N) is 1. The van der Waals surface area contributed by atoms with E-state index in [1.165, 1.54) is 18.7 Å². The molecule has 1 saturated heterocycles. The van der Waals surface area contributed by atoms with E-state index in [0.29, 0.717) is 5.17 Å². The summed E-state index contributed by atoms with van der Waals surface area (Å²) in [5, 5.41) is 3.92.